The molecule has 0 spiro atoms. The van der Waals surface area contributed by atoms with Crippen molar-refractivity contribution in [1.29, 1.82) is 0 Å². The Balaban J connectivity index is 4.24. The van der Waals surface area contributed by atoms with E-state index in [9.17, 15) is 14.4 Å². The molecule has 6 heteroatoms. The summed E-state index contributed by atoms with van der Waals surface area (Å²) in [5, 5.41) is 0. The van der Waals surface area contributed by atoms with Gasteiger partial charge in [-0.15, -0.1) is 0 Å². The Morgan fingerprint density at radius 1 is 0.328 bits per heavy atom. The summed E-state index contributed by atoms with van der Waals surface area (Å²) >= 11 is 0. The molecule has 0 saturated carbocycles. The number of ether oxygens (including phenoxy) is 3. The topological polar surface area (TPSA) is 78.9 Å². The van der Waals surface area contributed by atoms with Crippen molar-refractivity contribution in [3.63, 3.8) is 0 Å². The van der Waals surface area contributed by atoms with Gasteiger partial charge in [-0.05, 0) is 25.2 Å². The van der Waals surface area contributed by atoms with E-state index in [4.69, 9.17) is 14.2 Å². The first-order valence-electron chi connectivity index (χ1n) is 25.9. The van der Waals surface area contributed by atoms with Gasteiger partial charge in [-0.3, -0.25) is 14.4 Å². The second-order valence-electron chi connectivity index (χ2n) is 18.3. The maximum atomic E-state index is 12.7. The van der Waals surface area contributed by atoms with Crippen LogP contribution in [0.1, 0.15) is 291 Å². The van der Waals surface area contributed by atoms with E-state index in [0.29, 0.717) is 19.3 Å². The van der Waals surface area contributed by atoms with E-state index in [1.165, 1.54) is 186 Å². The first-order chi connectivity index (χ1) is 28.4. The van der Waals surface area contributed by atoms with E-state index in [1.54, 1.807) is 0 Å². The first kappa shape index (κ1) is 56.4. The van der Waals surface area contributed by atoms with E-state index in [1.807, 2.05) is 0 Å². The zero-order valence-corrected chi connectivity index (χ0v) is 39.5. The molecular weight excluding hydrogens is 721 g/mol. The highest BCUT2D eigenvalue weighted by Crippen LogP contribution is 2.17. The monoisotopic (exact) mass is 821 g/mol. The summed E-state index contributed by atoms with van der Waals surface area (Å²) in [6.07, 6.45) is 48.1. The molecule has 344 valence electrons. The van der Waals surface area contributed by atoms with Gasteiger partial charge in [-0.25, -0.2) is 0 Å². The molecule has 0 saturated heterocycles. The summed E-state index contributed by atoms with van der Waals surface area (Å²) in [7, 11) is 0. The minimum Gasteiger partial charge on any atom is -0.462 e. The molecule has 0 heterocycles. The third-order valence-corrected chi connectivity index (χ3v) is 11.8. The van der Waals surface area contributed by atoms with Crippen LogP contribution in [0.3, 0.4) is 0 Å². The highest BCUT2D eigenvalue weighted by Gasteiger charge is 2.19. The van der Waals surface area contributed by atoms with Gasteiger partial charge in [-0.1, -0.05) is 252 Å². The number of hydrogen-bond acceptors (Lipinski definition) is 6. The Hall–Kier alpha value is -1.59. The fourth-order valence-corrected chi connectivity index (χ4v) is 7.86. The van der Waals surface area contributed by atoms with Gasteiger partial charge in [0.2, 0.25) is 0 Å². The molecule has 0 N–H and O–H groups in total. The van der Waals surface area contributed by atoms with E-state index < -0.39 is 6.10 Å². The second kappa shape index (κ2) is 46.5. The Labute approximate surface area is 361 Å². The SMILES string of the molecule is CCCCCCCCCCCCCCCCCCCCC(=O)OC[C@@H](COC(=O)CCCCCCCCCCCCC)OC(=O)CCCCCCCCCCC(C)C. The van der Waals surface area contributed by atoms with Crippen LogP contribution in [-0.4, -0.2) is 37.2 Å². The standard InChI is InChI=1S/C52H100O6/c1-5-7-9-11-13-15-17-18-19-20-21-22-23-25-27-32-36-40-44-51(54)57-47-49(58-52(55)45-41-37-33-29-28-30-34-38-42-48(3)4)46-56-50(53)43-39-35-31-26-24-16-14-12-10-8-6-2/h48-49H,5-47H2,1-4H3/t49-/m1/s1. The van der Waals surface area contributed by atoms with Crippen molar-refractivity contribution in [3.05, 3.63) is 0 Å². The zero-order valence-electron chi connectivity index (χ0n) is 39.5. The van der Waals surface area contributed by atoms with Gasteiger partial charge in [0.25, 0.3) is 0 Å². The largest absolute Gasteiger partial charge is 0.462 e. The van der Waals surface area contributed by atoms with Crippen LogP contribution < -0.4 is 0 Å². The third-order valence-electron chi connectivity index (χ3n) is 11.8. The van der Waals surface area contributed by atoms with Crippen LogP contribution in [0, 0.1) is 5.92 Å². The lowest BCUT2D eigenvalue weighted by atomic mass is 10.0. The van der Waals surface area contributed by atoms with E-state index in [-0.39, 0.29) is 31.1 Å². The Bertz CT molecular complexity index is 872. The van der Waals surface area contributed by atoms with Crippen LogP contribution in [0.15, 0.2) is 0 Å². The lowest BCUT2D eigenvalue weighted by Crippen LogP contribution is -2.30. The van der Waals surface area contributed by atoms with Gasteiger partial charge >= 0.3 is 17.9 Å². The Morgan fingerprint density at radius 3 is 0.845 bits per heavy atom. The molecule has 1 atom stereocenters. The second-order valence-corrected chi connectivity index (χ2v) is 18.3. The molecule has 0 unspecified atom stereocenters. The maximum Gasteiger partial charge on any atom is 0.306 e. The van der Waals surface area contributed by atoms with Crippen molar-refractivity contribution in [3.8, 4) is 0 Å². The molecule has 0 aliphatic rings. The number of rotatable bonds is 47. The average molecular weight is 821 g/mol. The number of unbranched alkanes of at least 4 members (excludes halogenated alkanes) is 34. The van der Waals surface area contributed by atoms with Crippen LogP contribution in [-0.2, 0) is 28.6 Å². The molecule has 0 aromatic carbocycles. The molecule has 0 amide bonds. The van der Waals surface area contributed by atoms with Crippen molar-refractivity contribution in [2.75, 3.05) is 13.2 Å². The lowest BCUT2D eigenvalue weighted by molar-refractivity contribution is -0.167. The van der Waals surface area contributed by atoms with Crippen molar-refractivity contribution in [1.82, 2.24) is 0 Å². The molecule has 0 aliphatic carbocycles. The fraction of sp³-hybridized carbons (Fsp3) is 0.942. The summed E-state index contributed by atoms with van der Waals surface area (Å²) in [6, 6.07) is 0. The highest BCUT2D eigenvalue weighted by molar-refractivity contribution is 5.71. The predicted octanol–water partition coefficient (Wildman–Crippen LogP) is 16.7. The molecule has 58 heavy (non-hydrogen) atoms. The molecule has 0 aromatic heterocycles. The number of hydrogen-bond donors (Lipinski definition) is 0. The highest BCUT2D eigenvalue weighted by atomic mass is 16.6. The van der Waals surface area contributed by atoms with Gasteiger partial charge in [0.05, 0.1) is 0 Å². The van der Waals surface area contributed by atoms with Gasteiger partial charge in [0.15, 0.2) is 6.10 Å². The zero-order chi connectivity index (χ0) is 42.4. The lowest BCUT2D eigenvalue weighted by Gasteiger charge is -2.18. The predicted molar refractivity (Wildman–Crippen MR) is 247 cm³/mol. The van der Waals surface area contributed by atoms with Gasteiger partial charge < -0.3 is 14.2 Å². The normalized spacial score (nSPS) is 11.9. The van der Waals surface area contributed by atoms with Crippen molar-refractivity contribution >= 4 is 17.9 Å². The average Bonchev–Trinajstić information content (AvgIpc) is 3.21. The van der Waals surface area contributed by atoms with Crippen LogP contribution in [0.2, 0.25) is 0 Å². The molecule has 0 fully saturated rings. The maximum absolute atomic E-state index is 12.7. The molecule has 0 rings (SSSR count). The smallest absolute Gasteiger partial charge is 0.306 e. The molecule has 0 radical (unpaired) electrons. The summed E-state index contributed by atoms with van der Waals surface area (Å²) < 4.78 is 16.8. The Kier molecular flexibility index (Phi) is 45.2. The van der Waals surface area contributed by atoms with Gasteiger partial charge in [-0.2, -0.15) is 0 Å². The molecule has 0 aliphatic heterocycles. The van der Waals surface area contributed by atoms with Crippen LogP contribution >= 0.6 is 0 Å². The first-order valence-corrected chi connectivity index (χ1v) is 25.9. The Morgan fingerprint density at radius 2 is 0.569 bits per heavy atom. The summed E-state index contributed by atoms with van der Waals surface area (Å²) in [5.74, 6) is -0.0547. The summed E-state index contributed by atoms with van der Waals surface area (Å²) in [5.41, 5.74) is 0. The summed E-state index contributed by atoms with van der Waals surface area (Å²) in [4.78, 5) is 37.9. The van der Waals surface area contributed by atoms with Gasteiger partial charge in [0, 0.05) is 19.3 Å². The van der Waals surface area contributed by atoms with Crippen LogP contribution in [0.5, 0.6) is 0 Å². The molecule has 0 aromatic rings. The third kappa shape index (κ3) is 45.5. The van der Waals surface area contributed by atoms with Crippen molar-refractivity contribution in [2.24, 2.45) is 5.92 Å². The number of carbonyl (C=O) groups is 3. The van der Waals surface area contributed by atoms with Crippen LogP contribution in [0.25, 0.3) is 0 Å². The number of carbonyl (C=O) groups excluding carboxylic acids is 3. The minimum absolute atomic E-state index is 0.0633. The van der Waals surface area contributed by atoms with E-state index in [2.05, 4.69) is 27.7 Å². The van der Waals surface area contributed by atoms with Crippen molar-refractivity contribution < 1.29 is 28.6 Å². The quantitative estimate of drug-likeness (QED) is 0.0346. The van der Waals surface area contributed by atoms with E-state index in [0.717, 1.165) is 63.7 Å². The fourth-order valence-electron chi connectivity index (χ4n) is 7.86. The minimum atomic E-state index is -0.760. The molecular formula is C52H100O6. The summed E-state index contributed by atoms with van der Waals surface area (Å²) in [6.45, 7) is 8.99. The number of esters is 3. The van der Waals surface area contributed by atoms with Crippen LogP contribution in [0.4, 0.5) is 0 Å². The van der Waals surface area contributed by atoms with Gasteiger partial charge in [0.1, 0.15) is 13.2 Å². The van der Waals surface area contributed by atoms with Crippen molar-refractivity contribution in [2.45, 2.75) is 297 Å². The molecule has 6 nitrogen and oxygen atoms in total. The van der Waals surface area contributed by atoms with E-state index >= 15 is 0 Å². The molecule has 0 bridgehead atoms.